The van der Waals surface area contributed by atoms with E-state index in [0.29, 0.717) is 96.5 Å². The van der Waals surface area contributed by atoms with E-state index in [4.69, 9.17) is 66.3 Å². The summed E-state index contributed by atoms with van der Waals surface area (Å²) in [5.41, 5.74) is -3.58. The molecule has 11 saturated heterocycles. The fourth-order valence-corrected chi connectivity index (χ4v) is 17.3. The van der Waals surface area contributed by atoms with Gasteiger partial charge >= 0.3 is 0 Å². The molecule has 0 aromatic heterocycles. The van der Waals surface area contributed by atoms with Crippen LogP contribution in [0.15, 0.2) is 36.5 Å². The van der Waals surface area contributed by atoms with Crippen molar-refractivity contribution >= 4 is 0 Å². The Morgan fingerprint density at radius 2 is 0.951 bits per heavy atom. The van der Waals surface area contributed by atoms with Crippen molar-refractivity contribution in [3.05, 3.63) is 36.5 Å². The first kappa shape index (κ1) is 57.2. The van der Waals surface area contributed by atoms with Gasteiger partial charge in [-0.25, -0.2) is 0 Å². The zero-order valence-corrected chi connectivity index (χ0v) is 48.1. The molecule has 0 aromatic rings. The quantitative estimate of drug-likeness (QED) is 0.225. The molecule has 0 aromatic carbocycles. The molecule has 31 atom stereocenters. The van der Waals surface area contributed by atoms with Crippen LogP contribution in [0.25, 0.3) is 0 Å². The van der Waals surface area contributed by atoms with Gasteiger partial charge in [-0.15, -0.1) is 0 Å². The van der Waals surface area contributed by atoms with Crippen LogP contribution in [0.1, 0.15) is 150 Å². The minimum atomic E-state index is -1.61. The maximum absolute atomic E-state index is 12.5. The Bertz CT molecular complexity index is 2340. The number of ether oxygens (including phenoxy) is 14. The number of aliphatic hydroxyl groups is 5. The first-order valence-corrected chi connectivity index (χ1v) is 31.5. The Balaban J connectivity index is 0.649. The first-order chi connectivity index (χ1) is 38.8. The van der Waals surface area contributed by atoms with Gasteiger partial charge in [-0.05, 0) is 91.4 Å². The van der Waals surface area contributed by atoms with E-state index in [2.05, 4.69) is 50.3 Å². The van der Waals surface area contributed by atoms with Crippen molar-refractivity contribution in [2.24, 2.45) is 5.92 Å². The normalized spacial score (nSPS) is 58.8. The topological polar surface area (TPSA) is 230 Å². The van der Waals surface area contributed by atoms with Crippen LogP contribution in [0.5, 0.6) is 0 Å². The van der Waals surface area contributed by atoms with E-state index in [-0.39, 0.29) is 110 Å². The summed E-state index contributed by atoms with van der Waals surface area (Å²) in [7, 11) is 0. The van der Waals surface area contributed by atoms with Crippen molar-refractivity contribution in [1.82, 2.24) is 0 Å². The molecule has 5 N–H and O–H groups in total. The highest BCUT2D eigenvalue weighted by Crippen LogP contribution is 2.54. The fourth-order valence-electron chi connectivity index (χ4n) is 17.3. The monoisotopic (exact) mass is 1140 g/mol. The number of aliphatic hydroxyl groups excluding tert-OH is 4. The molecule has 0 spiro atoms. The molecule has 19 heteroatoms. The van der Waals surface area contributed by atoms with Crippen molar-refractivity contribution in [2.75, 3.05) is 13.2 Å². The lowest BCUT2D eigenvalue weighted by atomic mass is 9.76. The Labute approximate surface area is 476 Å². The van der Waals surface area contributed by atoms with Gasteiger partial charge in [-0.1, -0.05) is 43.4 Å². The predicted molar refractivity (Wildman–Crippen MR) is 287 cm³/mol. The van der Waals surface area contributed by atoms with Crippen LogP contribution in [-0.2, 0) is 66.3 Å². The average Bonchev–Trinajstić information content (AvgIpc) is 3.83. The standard InChI is InChI=1S/C62H92O19/c1-32-21-41-45(26-47-49(73-41)28-53(66)61(5)57(77-47)30-59(3)55(79-61)16-15-54-58(2,81-59)18-19-62(67,31-63)80-54)75-50-29-56-60(4,78-51(50)22-32)52(65)27-48-37(76-56)10-7-6-9-34-35(71-48)11-8-12-36-38(69-34)13-14-39-43(70-36)25-46-44(72-39)24-40-42(74-46)23-33(64)17-20-68-40/h6-8,11,13-14,32-57,63-67H,9-10,12,15-31H2,1-5H3/b7-6-,11-8-/t32-,33+,34-,35+,36-,37+,38+,39-,40-,41+,42+,43+,44+,45-,46-,47+,48-,49-,50+,51-,52-,53+,54+,55-,56-,57-,58-,59+,60+,61+,62+/m1/s1. The molecule has 14 aliphatic heterocycles. The molecule has 0 saturated carbocycles. The summed E-state index contributed by atoms with van der Waals surface area (Å²) in [4.78, 5) is 0. The van der Waals surface area contributed by atoms with Gasteiger partial charge in [-0.3, -0.25) is 0 Å². The molecular weight excluding hydrogens is 1050 g/mol. The van der Waals surface area contributed by atoms with E-state index in [0.717, 1.165) is 19.3 Å². The van der Waals surface area contributed by atoms with Crippen molar-refractivity contribution < 1.29 is 91.8 Å². The zero-order chi connectivity index (χ0) is 55.8. The molecule has 14 rings (SSSR count). The van der Waals surface area contributed by atoms with E-state index in [1.807, 2.05) is 20.8 Å². The lowest BCUT2D eigenvalue weighted by molar-refractivity contribution is -0.347. The zero-order valence-electron chi connectivity index (χ0n) is 48.1. The van der Waals surface area contributed by atoms with Crippen LogP contribution < -0.4 is 0 Å². The summed E-state index contributed by atoms with van der Waals surface area (Å²) in [5.74, 6) is -1.40. The van der Waals surface area contributed by atoms with Crippen molar-refractivity contribution in [3.63, 3.8) is 0 Å². The first-order valence-electron chi connectivity index (χ1n) is 31.5. The van der Waals surface area contributed by atoms with Crippen LogP contribution in [0, 0.1) is 5.92 Å². The van der Waals surface area contributed by atoms with Crippen molar-refractivity contribution in [1.29, 1.82) is 0 Å². The van der Waals surface area contributed by atoms with E-state index >= 15 is 0 Å². The number of hydrogen-bond donors (Lipinski definition) is 5. The molecule has 0 bridgehead atoms. The molecule has 14 heterocycles. The summed E-state index contributed by atoms with van der Waals surface area (Å²) in [6, 6.07) is 0. The second-order valence-electron chi connectivity index (χ2n) is 28.0. The molecule has 0 unspecified atom stereocenters. The van der Waals surface area contributed by atoms with Gasteiger partial charge in [0.1, 0.15) is 29.5 Å². The molecular formula is C62H92O19. The van der Waals surface area contributed by atoms with Crippen LogP contribution >= 0.6 is 0 Å². The van der Waals surface area contributed by atoms with Crippen LogP contribution in [-0.4, -0.2) is 220 Å². The van der Waals surface area contributed by atoms with E-state index in [1.54, 1.807) is 0 Å². The third-order valence-corrected chi connectivity index (χ3v) is 22.2. The third-order valence-electron chi connectivity index (χ3n) is 22.2. The molecule has 14 aliphatic rings. The Morgan fingerprint density at radius 3 is 1.70 bits per heavy atom. The van der Waals surface area contributed by atoms with E-state index in [9.17, 15) is 25.5 Å². The average molecular weight is 1140 g/mol. The van der Waals surface area contributed by atoms with Gasteiger partial charge in [0.15, 0.2) is 5.79 Å². The Hall–Kier alpha value is -1.54. The lowest BCUT2D eigenvalue weighted by Crippen LogP contribution is -2.66. The summed E-state index contributed by atoms with van der Waals surface area (Å²) >= 11 is 0. The van der Waals surface area contributed by atoms with Gasteiger partial charge < -0.3 is 91.8 Å². The molecule has 0 aliphatic carbocycles. The number of fused-ring (bicyclic) bond motifs is 13. The molecule has 0 amide bonds. The van der Waals surface area contributed by atoms with Gasteiger partial charge in [0.2, 0.25) is 0 Å². The molecule has 0 radical (unpaired) electrons. The Kier molecular flexibility index (Phi) is 15.5. The van der Waals surface area contributed by atoms with Crippen LogP contribution in [0.2, 0.25) is 0 Å². The Morgan fingerprint density at radius 1 is 0.432 bits per heavy atom. The van der Waals surface area contributed by atoms with Crippen molar-refractivity contribution in [2.45, 2.75) is 331 Å². The lowest BCUT2D eigenvalue weighted by Gasteiger charge is -2.55. The number of rotatable bonds is 1. The fraction of sp³-hybridized carbons (Fsp3) is 0.903. The molecule has 454 valence electrons. The summed E-state index contributed by atoms with van der Waals surface area (Å²) < 4.78 is 96.8. The second-order valence-corrected chi connectivity index (χ2v) is 28.0. The minimum Gasteiger partial charge on any atom is -0.393 e. The van der Waals surface area contributed by atoms with Gasteiger partial charge in [0, 0.05) is 64.4 Å². The smallest absolute Gasteiger partial charge is 0.189 e. The summed E-state index contributed by atoms with van der Waals surface area (Å²) in [6.45, 7) is 10.4. The molecule has 11 fully saturated rings. The number of hydrogen-bond acceptors (Lipinski definition) is 19. The van der Waals surface area contributed by atoms with Gasteiger partial charge in [0.25, 0.3) is 0 Å². The maximum Gasteiger partial charge on any atom is 0.189 e. The summed E-state index contributed by atoms with van der Waals surface area (Å²) in [5, 5.41) is 56.1. The van der Waals surface area contributed by atoms with Gasteiger partial charge in [0.05, 0.1) is 152 Å². The van der Waals surface area contributed by atoms with E-state index < -0.39 is 89.7 Å². The SMILES string of the molecule is C[C@@H]1C[C@@H]2O[C@@H]3C[C@H](O)[C@]4(C)O[C@@H]5CC[C@@H]6O[C@](O)(CO)CC[C@@]6(C)O[C@@]5(C)C[C@H]4O[C@H]3C[C@H]2O[C@H]2C[C@H]3O[C@H]4C/C=C\C[C@H]5O[C@H]6C=C[C@H]7O[C@H]8C[C@H]9OCC[C@H](O)C[C@@H]9O[C@@H]8C[C@@H]7O[C@@H]6C/C=C\[C@@H]5O[C@@H]4C[C@@H](O)[C@]3(C)O[C@@H]2C1. The largest absolute Gasteiger partial charge is 0.393 e. The predicted octanol–water partition coefficient (Wildman–Crippen LogP) is 4.64. The highest BCUT2D eigenvalue weighted by Gasteiger charge is 2.64. The molecule has 19 nitrogen and oxygen atoms in total. The van der Waals surface area contributed by atoms with Crippen LogP contribution in [0.3, 0.4) is 0 Å². The highest BCUT2D eigenvalue weighted by molar-refractivity contribution is 5.15. The van der Waals surface area contributed by atoms with Crippen molar-refractivity contribution in [3.8, 4) is 0 Å². The third kappa shape index (κ3) is 10.7. The molecule has 81 heavy (non-hydrogen) atoms. The minimum absolute atomic E-state index is 0.0943. The van der Waals surface area contributed by atoms with Crippen LogP contribution in [0.4, 0.5) is 0 Å². The van der Waals surface area contributed by atoms with Gasteiger partial charge in [-0.2, -0.15) is 0 Å². The van der Waals surface area contributed by atoms with E-state index in [1.165, 1.54) is 0 Å². The second kappa shape index (κ2) is 21.9. The highest BCUT2D eigenvalue weighted by atomic mass is 16.7. The maximum atomic E-state index is 12.5. The summed E-state index contributed by atoms with van der Waals surface area (Å²) in [6.07, 6.45) is 13.7.